The van der Waals surface area contributed by atoms with Gasteiger partial charge >= 0.3 is 0 Å². The van der Waals surface area contributed by atoms with Gasteiger partial charge in [0, 0.05) is 19.6 Å². The molecule has 1 aliphatic heterocycles. The number of rotatable bonds is 2. The van der Waals surface area contributed by atoms with E-state index in [4.69, 9.17) is 20.9 Å². The fraction of sp³-hybridized carbons (Fsp3) is 1.00. The summed E-state index contributed by atoms with van der Waals surface area (Å²) in [6.45, 7) is 2.23. The quantitative estimate of drug-likeness (QED) is 0.500. The lowest BCUT2D eigenvalue weighted by Gasteiger charge is -2.41. The molecule has 5 N–H and O–H groups in total. The number of aliphatic hydroxyl groups is 1. The van der Waals surface area contributed by atoms with Crippen LogP contribution in [0.25, 0.3) is 0 Å². The Morgan fingerprint density at radius 2 is 2.15 bits per heavy atom. The van der Waals surface area contributed by atoms with Gasteiger partial charge in [-0.1, -0.05) is 6.92 Å². The smallest absolute Gasteiger partial charge is 0.175 e. The van der Waals surface area contributed by atoms with E-state index >= 15 is 0 Å². The zero-order chi connectivity index (χ0) is 10.0. The molecule has 2 unspecified atom stereocenters. The molecule has 1 aliphatic rings. The third-order valence-electron chi connectivity index (χ3n) is 2.61. The molecular formula is C8H18N2O3. The van der Waals surface area contributed by atoms with Gasteiger partial charge in [0.05, 0.1) is 18.2 Å². The highest BCUT2D eigenvalue weighted by Crippen LogP contribution is 2.24. The molecule has 0 spiro atoms. The second kappa shape index (κ2) is 4.34. The number of ether oxygens (including phenoxy) is 2. The van der Waals surface area contributed by atoms with Gasteiger partial charge in [0.2, 0.25) is 0 Å². The third-order valence-corrected chi connectivity index (χ3v) is 2.61. The van der Waals surface area contributed by atoms with Crippen LogP contribution < -0.4 is 11.5 Å². The molecule has 0 aromatic heterocycles. The molecular weight excluding hydrogens is 172 g/mol. The summed E-state index contributed by atoms with van der Waals surface area (Å²) in [7, 11) is 1.50. The molecule has 0 saturated carbocycles. The molecule has 0 radical (unpaired) electrons. The Bertz CT molecular complexity index is 147. The molecule has 1 heterocycles. The zero-order valence-corrected chi connectivity index (χ0v) is 8.01. The van der Waals surface area contributed by atoms with Crippen molar-refractivity contribution in [1.82, 2.24) is 0 Å². The first-order chi connectivity index (χ1) is 6.11. The summed E-state index contributed by atoms with van der Waals surface area (Å²) in [5.74, 6) is -0.0496. The summed E-state index contributed by atoms with van der Waals surface area (Å²) in [6.07, 6.45) is -1.35. The second-order valence-corrected chi connectivity index (χ2v) is 3.44. The fourth-order valence-corrected chi connectivity index (χ4v) is 1.60. The minimum atomic E-state index is -0.618. The van der Waals surface area contributed by atoms with Crippen LogP contribution in [0.3, 0.4) is 0 Å². The number of hydrogen-bond acceptors (Lipinski definition) is 5. The van der Waals surface area contributed by atoms with E-state index in [0.29, 0.717) is 6.54 Å². The van der Waals surface area contributed by atoms with Crippen molar-refractivity contribution in [2.24, 2.45) is 17.4 Å². The monoisotopic (exact) mass is 190 g/mol. The molecule has 0 aromatic carbocycles. The van der Waals surface area contributed by atoms with E-state index < -0.39 is 18.4 Å². The Labute approximate surface area is 78.0 Å². The molecule has 0 bridgehead atoms. The van der Waals surface area contributed by atoms with Gasteiger partial charge in [-0.3, -0.25) is 0 Å². The van der Waals surface area contributed by atoms with Gasteiger partial charge in [-0.25, -0.2) is 0 Å². The van der Waals surface area contributed by atoms with E-state index in [0.717, 1.165) is 0 Å². The van der Waals surface area contributed by atoms with E-state index in [1.807, 2.05) is 6.92 Å². The Kier molecular flexibility index (Phi) is 3.63. The molecule has 5 heteroatoms. The minimum absolute atomic E-state index is 0.0496. The van der Waals surface area contributed by atoms with Gasteiger partial charge in [-0.2, -0.15) is 0 Å². The SMILES string of the molecule is CO[C@@H]1OC(CN)[C@@H](C)C(O)[C@@H]1N. The maximum absolute atomic E-state index is 9.71. The Hall–Kier alpha value is -0.200. The number of methoxy groups -OCH3 is 1. The first-order valence-electron chi connectivity index (χ1n) is 4.43. The van der Waals surface area contributed by atoms with Gasteiger partial charge in [0.15, 0.2) is 6.29 Å². The van der Waals surface area contributed by atoms with Crippen LogP contribution >= 0.6 is 0 Å². The number of nitrogens with two attached hydrogens (primary N) is 2. The summed E-state index contributed by atoms with van der Waals surface area (Å²) in [6, 6.07) is -0.497. The minimum Gasteiger partial charge on any atom is -0.391 e. The topological polar surface area (TPSA) is 90.7 Å². The van der Waals surface area contributed by atoms with Crippen LogP contribution in [0.2, 0.25) is 0 Å². The van der Waals surface area contributed by atoms with E-state index in [-0.39, 0.29) is 12.0 Å². The molecule has 5 atom stereocenters. The largest absolute Gasteiger partial charge is 0.391 e. The predicted molar refractivity (Wildman–Crippen MR) is 47.9 cm³/mol. The van der Waals surface area contributed by atoms with E-state index in [1.165, 1.54) is 7.11 Å². The van der Waals surface area contributed by atoms with Gasteiger partial charge in [0.25, 0.3) is 0 Å². The van der Waals surface area contributed by atoms with Crippen LogP contribution in [0.1, 0.15) is 6.92 Å². The first-order valence-corrected chi connectivity index (χ1v) is 4.43. The molecule has 5 nitrogen and oxygen atoms in total. The lowest BCUT2D eigenvalue weighted by atomic mass is 9.90. The highest BCUT2D eigenvalue weighted by molar-refractivity contribution is 4.89. The lowest BCUT2D eigenvalue weighted by molar-refractivity contribution is -0.230. The average molecular weight is 190 g/mol. The maximum Gasteiger partial charge on any atom is 0.175 e. The molecule has 0 aliphatic carbocycles. The summed E-state index contributed by atoms with van der Waals surface area (Å²) in [5, 5.41) is 9.71. The molecule has 0 aromatic rings. The van der Waals surface area contributed by atoms with Crippen molar-refractivity contribution in [3.63, 3.8) is 0 Å². The van der Waals surface area contributed by atoms with Crippen molar-refractivity contribution in [2.45, 2.75) is 31.5 Å². The number of hydrogen-bond donors (Lipinski definition) is 3. The Balaban J connectivity index is 2.66. The summed E-state index contributed by atoms with van der Waals surface area (Å²) >= 11 is 0. The van der Waals surface area contributed by atoms with E-state index in [9.17, 15) is 5.11 Å². The zero-order valence-electron chi connectivity index (χ0n) is 8.01. The summed E-state index contributed by atoms with van der Waals surface area (Å²) < 4.78 is 10.4. The fourth-order valence-electron chi connectivity index (χ4n) is 1.60. The maximum atomic E-state index is 9.71. The highest BCUT2D eigenvalue weighted by Gasteiger charge is 2.40. The van der Waals surface area contributed by atoms with Crippen molar-refractivity contribution in [2.75, 3.05) is 13.7 Å². The van der Waals surface area contributed by atoms with Crippen molar-refractivity contribution in [3.05, 3.63) is 0 Å². The molecule has 78 valence electrons. The van der Waals surface area contributed by atoms with Crippen LogP contribution in [0.15, 0.2) is 0 Å². The van der Waals surface area contributed by atoms with Crippen LogP contribution in [-0.4, -0.2) is 43.3 Å². The van der Waals surface area contributed by atoms with Gasteiger partial charge in [-0.15, -0.1) is 0 Å². The van der Waals surface area contributed by atoms with E-state index in [1.54, 1.807) is 0 Å². The van der Waals surface area contributed by atoms with Crippen molar-refractivity contribution in [3.8, 4) is 0 Å². The normalized spacial score (nSPS) is 46.4. The summed E-state index contributed by atoms with van der Waals surface area (Å²) in [5.41, 5.74) is 11.2. The van der Waals surface area contributed by atoms with E-state index in [2.05, 4.69) is 0 Å². The van der Waals surface area contributed by atoms with Crippen LogP contribution in [0.4, 0.5) is 0 Å². The Morgan fingerprint density at radius 3 is 2.62 bits per heavy atom. The van der Waals surface area contributed by atoms with Gasteiger partial charge in [0.1, 0.15) is 0 Å². The number of aliphatic hydroxyl groups excluding tert-OH is 1. The van der Waals surface area contributed by atoms with Crippen LogP contribution in [0.5, 0.6) is 0 Å². The van der Waals surface area contributed by atoms with Gasteiger partial charge < -0.3 is 26.0 Å². The standard InChI is InChI=1S/C8H18N2O3/c1-4-5(3-9)13-8(12-2)6(10)7(4)11/h4-8,11H,3,9-10H2,1-2H3/t4-,5?,6+,7?,8-/m1/s1. The van der Waals surface area contributed by atoms with Crippen molar-refractivity contribution >= 4 is 0 Å². The first kappa shape index (κ1) is 10.9. The molecule has 0 amide bonds. The third kappa shape index (κ3) is 2.00. The van der Waals surface area contributed by atoms with Crippen molar-refractivity contribution < 1.29 is 14.6 Å². The van der Waals surface area contributed by atoms with Crippen LogP contribution in [-0.2, 0) is 9.47 Å². The highest BCUT2D eigenvalue weighted by atomic mass is 16.7. The lowest BCUT2D eigenvalue weighted by Crippen LogP contribution is -2.59. The molecule has 1 saturated heterocycles. The Morgan fingerprint density at radius 1 is 1.54 bits per heavy atom. The van der Waals surface area contributed by atoms with Crippen LogP contribution in [0, 0.1) is 5.92 Å². The second-order valence-electron chi connectivity index (χ2n) is 3.44. The average Bonchev–Trinajstić information content (AvgIpc) is 2.15. The van der Waals surface area contributed by atoms with Gasteiger partial charge in [-0.05, 0) is 0 Å². The molecule has 1 rings (SSSR count). The predicted octanol–water partition coefficient (Wildman–Crippen LogP) is -1.36. The molecule has 1 fully saturated rings. The summed E-state index contributed by atoms with van der Waals surface area (Å²) in [4.78, 5) is 0. The molecule has 13 heavy (non-hydrogen) atoms. The van der Waals surface area contributed by atoms with Crippen molar-refractivity contribution in [1.29, 1.82) is 0 Å².